The highest BCUT2D eigenvalue weighted by molar-refractivity contribution is 7.90. The van der Waals surface area contributed by atoms with Crippen molar-refractivity contribution in [1.29, 1.82) is 0 Å². The van der Waals surface area contributed by atoms with Crippen LogP contribution in [0.5, 0.6) is 0 Å². The van der Waals surface area contributed by atoms with Crippen LogP contribution in [0.15, 0.2) is 24.3 Å². The molecule has 0 aliphatic heterocycles. The average molecular weight is 301 g/mol. The summed E-state index contributed by atoms with van der Waals surface area (Å²) < 4.78 is 28.0. The Labute approximate surface area is 120 Å². The Kier molecular flexibility index (Phi) is 5.28. The Morgan fingerprint density at radius 3 is 2.53 bits per heavy atom. The van der Waals surface area contributed by atoms with Crippen LogP contribution in [0, 0.1) is 5.92 Å². The van der Waals surface area contributed by atoms with Crippen LogP contribution in [0.3, 0.4) is 0 Å². The summed E-state index contributed by atoms with van der Waals surface area (Å²) in [6.07, 6.45) is 0. The fraction of sp³-hybridized carbons (Fsp3) is 0.417. The zero-order valence-corrected chi connectivity index (χ0v) is 12.9. The Hall–Kier alpha value is -1.18. The monoisotopic (exact) mass is 301 g/mol. The van der Waals surface area contributed by atoms with E-state index in [9.17, 15) is 8.42 Å². The maximum atomic E-state index is 12.1. The van der Waals surface area contributed by atoms with Crippen LogP contribution < -0.4 is 14.8 Å². The van der Waals surface area contributed by atoms with Crippen LogP contribution in [0.4, 0.5) is 5.69 Å². The van der Waals surface area contributed by atoms with Gasteiger partial charge in [-0.25, -0.2) is 0 Å². The SMILES string of the molecule is CC(C)CNS(=O)(=O)N(C)c1ccccc1C(N)=S. The summed E-state index contributed by atoms with van der Waals surface area (Å²) in [7, 11) is -2.12. The van der Waals surface area contributed by atoms with Crippen LogP contribution in [-0.2, 0) is 10.2 Å². The first kappa shape index (κ1) is 15.9. The van der Waals surface area contributed by atoms with E-state index in [4.69, 9.17) is 18.0 Å². The molecule has 0 saturated heterocycles. The average Bonchev–Trinajstić information content (AvgIpc) is 2.35. The second-order valence-electron chi connectivity index (χ2n) is 4.60. The van der Waals surface area contributed by atoms with Crippen molar-refractivity contribution in [1.82, 2.24) is 4.72 Å². The van der Waals surface area contributed by atoms with Gasteiger partial charge in [0.25, 0.3) is 0 Å². The number of nitrogens with two attached hydrogens (primary N) is 1. The van der Waals surface area contributed by atoms with Crippen LogP contribution >= 0.6 is 12.2 Å². The first-order valence-electron chi connectivity index (χ1n) is 5.88. The first-order valence-corrected chi connectivity index (χ1v) is 7.73. The molecule has 1 aromatic rings. The second kappa shape index (κ2) is 6.31. The Morgan fingerprint density at radius 2 is 2.00 bits per heavy atom. The van der Waals surface area contributed by atoms with Crippen molar-refractivity contribution in [2.45, 2.75) is 13.8 Å². The van der Waals surface area contributed by atoms with Gasteiger partial charge in [-0.3, -0.25) is 4.31 Å². The third-order valence-electron chi connectivity index (χ3n) is 2.54. The first-order chi connectivity index (χ1) is 8.75. The molecular formula is C12H19N3O2S2. The number of benzene rings is 1. The lowest BCUT2D eigenvalue weighted by Crippen LogP contribution is -2.40. The molecule has 0 saturated carbocycles. The molecule has 0 fully saturated rings. The van der Waals surface area contributed by atoms with Gasteiger partial charge >= 0.3 is 10.2 Å². The van der Waals surface area contributed by atoms with E-state index in [-0.39, 0.29) is 10.9 Å². The Balaban J connectivity index is 3.06. The minimum Gasteiger partial charge on any atom is -0.389 e. The van der Waals surface area contributed by atoms with Gasteiger partial charge in [-0.2, -0.15) is 13.1 Å². The molecule has 0 aliphatic rings. The maximum absolute atomic E-state index is 12.1. The summed E-state index contributed by atoms with van der Waals surface area (Å²) in [5.74, 6) is 0.231. The van der Waals surface area contributed by atoms with Crippen LogP contribution in [0.1, 0.15) is 19.4 Å². The van der Waals surface area contributed by atoms with E-state index in [0.29, 0.717) is 17.8 Å². The number of thiocarbonyl (C=S) groups is 1. The molecule has 0 aromatic heterocycles. The predicted octanol–water partition coefficient (Wildman–Crippen LogP) is 1.25. The van der Waals surface area contributed by atoms with Gasteiger partial charge in [-0.15, -0.1) is 0 Å². The lowest BCUT2D eigenvalue weighted by molar-refractivity contribution is 0.558. The highest BCUT2D eigenvalue weighted by atomic mass is 32.2. The standard InChI is InChI=1S/C12H19N3O2S2/c1-9(2)8-14-19(16,17)15(3)11-7-5-4-6-10(11)12(13)18/h4-7,9,14H,8H2,1-3H3,(H2,13,18). The quantitative estimate of drug-likeness (QED) is 0.775. The lowest BCUT2D eigenvalue weighted by Gasteiger charge is -2.22. The molecule has 19 heavy (non-hydrogen) atoms. The van der Waals surface area contributed by atoms with Gasteiger partial charge < -0.3 is 5.73 Å². The van der Waals surface area contributed by atoms with Crippen LogP contribution in [0.2, 0.25) is 0 Å². The van der Waals surface area contributed by atoms with Crippen LogP contribution in [-0.4, -0.2) is 27.0 Å². The van der Waals surface area contributed by atoms with Gasteiger partial charge in [0.05, 0.1) is 5.69 Å². The lowest BCUT2D eigenvalue weighted by atomic mass is 10.2. The number of para-hydroxylation sites is 1. The summed E-state index contributed by atoms with van der Waals surface area (Å²) in [5.41, 5.74) is 6.61. The zero-order valence-electron chi connectivity index (χ0n) is 11.3. The fourth-order valence-corrected chi connectivity index (χ4v) is 2.78. The number of hydrogen-bond donors (Lipinski definition) is 2. The van der Waals surface area contributed by atoms with Gasteiger partial charge in [0.2, 0.25) is 0 Å². The summed E-state index contributed by atoms with van der Waals surface area (Å²) in [6, 6.07) is 6.88. The van der Waals surface area contributed by atoms with Gasteiger partial charge in [-0.05, 0) is 18.1 Å². The van der Waals surface area contributed by atoms with Gasteiger partial charge in [0, 0.05) is 19.2 Å². The van der Waals surface area contributed by atoms with Crippen molar-refractivity contribution in [2.75, 3.05) is 17.9 Å². The smallest absolute Gasteiger partial charge is 0.301 e. The van der Waals surface area contributed by atoms with E-state index < -0.39 is 10.2 Å². The van der Waals surface area contributed by atoms with E-state index in [2.05, 4.69) is 4.72 Å². The molecule has 5 nitrogen and oxygen atoms in total. The number of rotatable bonds is 6. The molecule has 1 rings (SSSR count). The number of anilines is 1. The molecule has 0 heterocycles. The summed E-state index contributed by atoms with van der Waals surface area (Å²) in [5, 5.41) is 0. The van der Waals surface area contributed by atoms with Gasteiger partial charge in [-0.1, -0.05) is 38.2 Å². The van der Waals surface area contributed by atoms with Gasteiger partial charge in [0.1, 0.15) is 4.99 Å². The minimum absolute atomic E-state index is 0.168. The molecule has 0 atom stereocenters. The molecule has 0 aliphatic carbocycles. The van der Waals surface area contributed by atoms with Gasteiger partial charge in [0.15, 0.2) is 0 Å². The summed E-state index contributed by atoms with van der Waals surface area (Å²) >= 11 is 4.93. The number of nitrogens with one attached hydrogen (secondary N) is 1. The molecule has 0 radical (unpaired) electrons. The zero-order chi connectivity index (χ0) is 14.6. The Morgan fingerprint density at radius 1 is 1.42 bits per heavy atom. The van der Waals surface area contributed by atoms with Crippen molar-refractivity contribution in [3.63, 3.8) is 0 Å². The molecule has 7 heteroatoms. The van der Waals surface area contributed by atoms with Crippen molar-refractivity contribution in [3.05, 3.63) is 29.8 Å². The minimum atomic E-state index is -3.60. The molecule has 0 amide bonds. The number of nitrogens with zero attached hydrogens (tertiary/aromatic N) is 1. The molecule has 0 spiro atoms. The normalized spacial score (nSPS) is 11.6. The van der Waals surface area contributed by atoms with E-state index in [1.54, 1.807) is 24.3 Å². The molecule has 106 valence electrons. The third-order valence-corrected chi connectivity index (χ3v) is 4.21. The predicted molar refractivity (Wildman–Crippen MR) is 82.5 cm³/mol. The van der Waals surface area contributed by atoms with Crippen LogP contribution in [0.25, 0.3) is 0 Å². The molecule has 0 unspecified atom stereocenters. The van der Waals surface area contributed by atoms with Crippen molar-refractivity contribution in [2.24, 2.45) is 11.7 Å². The van der Waals surface area contributed by atoms with Crippen molar-refractivity contribution < 1.29 is 8.42 Å². The fourth-order valence-electron chi connectivity index (χ4n) is 1.45. The van der Waals surface area contributed by atoms with Crippen molar-refractivity contribution in [3.8, 4) is 0 Å². The summed E-state index contributed by atoms with van der Waals surface area (Å²) in [4.78, 5) is 0.168. The van der Waals surface area contributed by atoms with E-state index in [1.165, 1.54) is 7.05 Å². The second-order valence-corrected chi connectivity index (χ2v) is 6.82. The topological polar surface area (TPSA) is 75.4 Å². The Bertz CT molecular complexity index is 556. The molecule has 3 N–H and O–H groups in total. The molecule has 1 aromatic carbocycles. The van der Waals surface area contributed by atoms with Crippen molar-refractivity contribution >= 4 is 33.1 Å². The van der Waals surface area contributed by atoms with E-state index >= 15 is 0 Å². The maximum Gasteiger partial charge on any atom is 0.301 e. The number of hydrogen-bond acceptors (Lipinski definition) is 3. The third kappa shape index (κ3) is 4.15. The van der Waals surface area contributed by atoms with E-state index in [0.717, 1.165) is 4.31 Å². The largest absolute Gasteiger partial charge is 0.389 e. The van der Waals surface area contributed by atoms with E-state index in [1.807, 2.05) is 13.8 Å². The molecular weight excluding hydrogens is 282 g/mol. The highest BCUT2D eigenvalue weighted by Crippen LogP contribution is 2.21. The summed E-state index contributed by atoms with van der Waals surface area (Å²) in [6.45, 7) is 4.25. The highest BCUT2D eigenvalue weighted by Gasteiger charge is 2.20. The molecule has 0 bridgehead atoms.